The van der Waals surface area contributed by atoms with E-state index < -0.39 is 10.0 Å². The zero-order valence-corrected chi connectivity index (χ0v) is 14.1. The van der Waals surface area contributed by atoms with Crippen LogP contribution in [0.1, 0.15) is 38.3 Å². The predicted molar refractivity (Wildman–Crippen MR) is 87.0 cm³/mol. The molecule has 0 atom stereocenters. The second-order valence-electron chi connectivity index (χ2n) is 5.71. The van der Waals surface area contributed by atoms with Crippen LogP contribution in [0.5, 0.6) is 0 Å². The summed E-state index contributed by atoms with van der Waals surface area (Å²) in [6.07, 6.45) is 8.97. The highest BCUT2D eigenvalue weighted by atomic mass is 32.2. The average molecular weight is 326 g/mol. The third kappa shape index (κ3) is 5.00. The minimum atomic E-state index is -3.20. The van der Waals surface area contributed by atoms with Crippen LogP contribution in [0.3, 0.4) is 0 Å². The van der Waals surface area contributed by atoms with Crippen molar-refractivity contribution in [2.75, 3.05) is 25.4 Å². The molecule has 1 N–H and O–H groups in total. The summed E-state index contributed by atoms with van der Waals surface area (Å²) in [4.78, 5) is 8.29. The molecular weight excluding hydrogens is 300 g/mol. The van der Waals surface area contributed by atoms with Crippen LogP contribution >= 0.6 is 0 Å². The van der Waals surface area contributed by atoms with Crippen LogP contribution in [0, 0.1) is 0 Å². The summed E-state index contributed by atoms with van der Waals surface area (Å²) in [5.74, 6) is 0.244. The van der Waals surface area contributed by atoms with Gasteiger partial charge in [0.2, 0.25) is 10.0 Å². The van der Waals surface area contributed by atoms with E-state index in [1.807, 2.05) is 6.92 Å². The van der Waals surface area contributed by atoms with E-state index >= 15 is 0 Å². The normalized spacial score (nSPS) is 17.0. The maximum atomic E-state index is 12.7. The van der Waals surface area contributed by atoms with Crippen LogP contribution < -0.4 is 5.32 Å². The summed E-state index contributed by atoms with van der Waals surface area (Å²) >= 11 is 0. The van der Waals surface area contributed by atoms with Gasteiger partial charge in [-0.25, -0.2) is 8.42 Å². The molecule has 1 saturated heterocycles. The highest BCUT2D eigenvalue weighted by molar-refractivity contribution is 7.89. The second-order valence-corrected chi connectivity index (χ2v) is 7.75. The van der Waals surface area contributed by atoms with E-state index in [-0.39, 0.29) is 11.8 Å². The van der Waals surface area contributed by atoms with E-state index in [1.54, 1.807) is 22.9 Å². The Morgan fingerprint density at radius 2 is 2.09 bits per heavy atom. The van der Waals surface area contributed by atoms with E-state index in [9.17, 15) is 8.42 Å². The van der Waals surface area contributed by atoms with Crippen LogP contribution in [0.15, 0.2) is 18.6 Å². The molecule has 1 aromatic heterocycles. The van der Waals surface area contributed by atoms with Gasteiger partial charge in [0.1, 0.15) is 0 Å². The number of rotatable bonds is 8. The van der Waals surface area contributed by atoms with E-state index in [0.717, 1.165) is 44.5 Å². The van der Waals surface area contributed by atoms with Crippen LogP contribution in [0.4, 0.5) is 0 Å². The zero-order valence-electron chi connectivity index (χ0n) is 13.2. The summed E-state index contributed by atoms with van der Waals surface area (Å²) in [6.45, 7) is 4.28. The van der Waals surface area contributed by atoms with Crippen LogP contribution in [0.2, 0.25) is 0 Å². The number of nitrogens with one attached hydrogen (secondary N) is 1. The van der Waals surface area contributed by atoms with Gasteiger partial charge in [-0.3, -0.25) is 9.97 Å². The third-order valence-electron chi connectivity index (χ3n) is 4.03. The molecule has 6 nitrogen and oxygen atoms in total. The Hall–Kier alpha value is -1.05. The molecule has 0 amide bonds. The van der Waals surface area contributed by atoms with E-state index in [0.29, 0.717) is 13.0 Å². The number of hydrogen-bond donors (Lipinski definition) is 1. The summed E-state index contributed by atoms with van der Waals surface area (Å²) in [5.41, 5.74) is 0.840. The molecule has 0 aromatic carbocycles. The van der Waals surface area contributed by atoms with Crippen LogP contribution in [0.25, 0.3) is 0 Å². The summed E-state index contributed by atoms with van der Waals surface area (Å²) in [6, 6.07) is 0.111. The quantitative estimate of drug-likeness (QED) is 0.777. The van der Waals surface area contributed by atoms with Gasteiger partial charge in [0.25, 0.3) is 0 Å². The zero-order chi connectivity index (χ0) is 15.8. The monoisotopic (exact) mass is 326 g/mol. The first-order chi connectivity index (χ1) is 10.6. The minimum absolute atomic E-state index is 0.111. The second kappa shape index (κ2) is 8.55. The molecular formula is C15H26N4O2S. The summed E-state index contributed by atoms with van der Waals surface area (Å²) < 4.78 is 27.1. The van der Waals surface area contributed by atoms with E-state index in [1.165, 1.54) is 0 Å². The molecule has 2 rings (SSSR count). The van der Waals surface area contributed by atoms with Gasteiger partial charge in [0.15, 0.2) is 0 Å². The highest BCUT2D eigenvalue weighted by Crippen LogP contribution is 2.18. The Morgan fingerprint density at radius 3 is 2.73 bits per heavy atom. The first-order valence-electron chi connectivity index (χ1n) is 8.08. The lowest BCUT2D eigenvalue weighted by Gasteiger charge is -2.33. The number of nitrogens with zero attached hydrogens (tertiary/aromatic N) is 3. The molecule has 0 aliphatic carbocycles. The summed E-state index contributed by atoms with van der Waals surface area (Å²) in [5, 5.41) is 3.29. The first kappa shape index (κ1) is 17.3. The van der Waals surface area contributed by atoms with Gasteiger partial charge in [0, 0.05) is 37.6 Å². The fourth-order valence-corrected chi connectivity index (χ4v) is 4.69. The maximum absolute atomic E-state index is 12.7. The van der Waals surface area contributed by atoms with Crippen molar-refractivity contribution in [3.05, 3.63) is 24.3 Å². The van der Waals surface area contributed by atoms with Crippen molar-refractivity contribution in [2.45, 2.75) is 45.1 Å². The predicted octanol–water partition coefficient (Wildman–Crippen LogP) is 1.20. The SMILES string of the molecule is CCCCS(=O)(=O)N(CCc1cnccn1)C1CCNCC1. The number of unbranched alkanes of at least 4 members (excludes halogenated alkanes) is 1. The number of hydrogen-bond acceptors (Lipinski definition) is 5. The van der Waals surface area contributed by atoms with Gasteiger partial charge in [0.05, 0.1) is 11.4 Å². The van der Waals surface area contributed by atoms with Crippen molar-refractivity contribution in [3.63, 3.8) is 0 Å². The van der Waals surface area contributed by atoms with Crippen molar-refractivity contribution >= 4 is 10.0 Å². The molecule has 7 heteroatoms. The molecule has 1 aromatic rings. The van der Waals surface area contributed by atoms with Gasteiger partial charge < -0.3 is 5.32 Å². The number of aromatic nitrogens is 2. The molecule has 124 valence electrons. The number of sulfonamides is 1. The molecule has 1 aliphatic heterocycles. The molecule has 22 heavy (non-hydrogen) atoms. The molecule has 1 aliphatic rings. The molecule has 0 saturated carbocycles. The van der Waals surface area contributed by atoms with Crippen molar-refractivity contribution in [1.29, 1.82) is 0 Å². The van der Waals surface area contributed by atoms with Gasteiger partial charge in [-0.15, -0.1) is 0 Å². The standard InChI is InChI=1S/C15H26N4O2S/c1-2-3-12-22(20,21)19(15-4-7-16-8-5-15)11-6-14-13-17-9-10-18-14/h9-10,13,15-16H,2-8,11-12H2,1H3. The van der Waals surface area contributed by atoms with Gasteiger partial charge in [-0.2, -0.15) is 4.31 Å². The first-order valence-corrected chi connectivity index (χ1v) is 9.69. The van der Waals surface area contributed by atoms with Crippen molar-refractivity contribution < 1.29 is 8.42 Å². The van der Waals surface area contributed by atoms with Gasteiger partial charge in [-0.1, -0.05) is 13.3 Å². The third-order valence-corrected chi connectivity index (χ3v) is 6.03. The molecule has 2 heterocycles. The topological polar surface area (TPSA) is 75.2 Å². The minimum Gasteiger partial charge on any atom is -0.317 e. The molecule has 0 unspecified atom stereocenters. The smallest absolute Gasteiger partial charge is 0.214 e. The maximum Gasteiger partial charge on any atom is 0.214 e. The lowest BCUT2D eigenvalue weighted by atomic mass is 10.1. The van der Waals surface area contributed by atoms with Crippen LogP contribution in [-0.4, -0.2) is 54.1 Å². The molecule has 0 radical (unpaired) electrons. The fourth-order valence-electron chi connectivity index (χ4n) is 2.77. The van der Waals surface area contributed by atoms with Crippen molar-refractivity contribution in [1.82, 2.24) is 19.6 Å². The lowest BCUT2D eigenvalue weighted by Crippen LogP contribution is -2.47. The van der Waals surface area contributed by atoms with E-state index in [2.05, 4.69) is 15.3 Å². The number of piperidine rings is 1. The lowest BCUT2D eigenvalue weighted by molar-refractivity contribution is 0.263. The van der Waals surface area contributed by atoms with E-state index in [4.69, 9.17) is 0 Å². The Labute approximate surface area is 133 Å². The molecule has 1 fully saturated rings. The Kier molecular flexibility index (Phi) is 6.72. The molecule has 0 bridgehead atoms. The van der Waals surface area contributed by atoms with Gasteiger partial charge in [-0.05, 0) is 32.4 Å². The highest BCUT2D eigenvalue weighted by Gasteiger charge is 2.30. The largest absolute Gasteiger partial charge is 0.317 e. The van der Waals surface area contributed by atoms with Crippen molar-refractivity contribution in [3.8, 4) is 0 Å². The Bertz CT molecular complexity index is 530. The van der Waals surface area contributed by atoms with Gasteiger partial charge >= 0.3 is 0 Å². The molecule has 0 spiro atoms. The summed E-state index contributed by atoms with van der Waals surface area (Å²) in [7, 11) is -3.20. The van der Waals surface area contributed by atoms with Crippen LogP contribution in [-0.2, 0) is 16.4 Å². The van der Waals surface area contributed by atoms with Crippen molar-refractivity contribution in [2.24, 2.45) is 0 Å². The Morgan fingerprint density at radius 1 is 1.32 bits per heavy atom. The average Bonchev–Trinajstić information content (AvgIpc) is 2.55. The Balaban J connectivity index is 2.06. The fraction of sp³-hybridized carbons (Fsp3) is 0.733.